The van der Waals surface area contributed by atoms with Crippen LogP contribution in [-0.4, -0.2) is 22.9 Å². The minimum Gasteiger partial charge on any atom is -0.465 e. The average molecular weight is 250 g/mol. The Morgan fingerprint density at radius 2 is 1.89 bits per heavy atom. The van der Waals surface area contributed by atoms with Gasteiger partial charge in [0.05, 0.1) is 0 Å². The lowest BCUT2D eigenvalue weighted by atomic mass is 9.87. The summed E-state index contributed by atoms with van der Waals surface area (Å²) in [7, 11) is 0. The van der Waals surface area contributed by atoms with Crippen molar-refractivity contribution in [2.75, 3.05) is 6.61 Å². The average Bonchev–Trinajstić information content (AvgIpc) is 2.34. The van der Waals surface area contributed by atoms with Crippen LogP contribution < -0.4 is 5.32 Å². The van der Waals surface area contributed by atoms with Gasteiger partial charge in [0.1, 0.15) is 6.04 Å². The summed E-state index contributed by atoms with van der Waals surface area (Å²) in [5, 5.41) is 20.8. The van der Waals surface area contributed by atoms with Crippen LogP contribution in [0.3, 0.4) is 0 Å². The van der Waals surface area contributed by atoms with Gasteiger partial charge >= 0.3 is 6.09 Å². The third kappa shape index (κ3) is 4.37. The number of benzene rings is 1. The Hall–Kier alpha value is -1.55. The topological polar surface area (TPSA) is 69.6 Å². The zero-order valence-corrected chi connectivity index (χ0v) is 10.8. The van der Waals surface area contributed by atoms with E-state index in [1.165, 1.54) is 0 Å². The second-order valence-electron chi connectivity index (χ2n) is 4.72. The number of aliphatic hydroxyl groups is 1. The molecule has 99 valence electrons. The fourth-order valence-corrected chi connectivity index (χ4v) is 2.00. The molecule has 0 unspecified atom stereocenters. The Kier molecular flexibility index (Phi) is 5.65. The van der Waals surface area contributed by atoms with Gasteiger partial charge < -0.3 is 15.5 Å². The van der Waals surface area contributed by atoms with Crippen molar-refractivity contribution < 1.29 is 15.0 Å². The summed E-state index contributed by atoms with van der Waals surface area (Å²) in [5.74, 6) is 0.194. The first kappa shape index (κ1) is 14.5. The highest BCUT2D eigenvalue weighted by molar-refractivity contribution is 5.67. The smallest absolute Gasteiger partial charge is 0.405 e. The van der Waals surface area contributed by atoms with Crippen molar-refractivity contribution in [3.63, 3.8) is 0 Å². The van der Waals surface area contributed by atoms with Gasteiger partial charge in [0.25, 0.3) is 0 Å². The van der Waals surface area contributed by atoms with Crippen molar-refractivity contribution in [3.8, 4) is 0 Å². The quantitative estimate of drug-likeness (QED) is 0.726. The van der Waals surface area contributed by atoms with Crippen LogP contribution in [0.1, 0.15) is 25.8 Å². The number of carbonyl (C=O) groups is 1. The van der Waals surface area contributed by atoms with Gasteiger partial charge in [0.2, 0.25) is 0 Å². The molecule has 0 saturated heterocycles. The lowest BCUT2D eigenvalue weighted by Crippen LogP contribution is -2.35. The molecule has 0 aliphatic rings. The van der Waals surface area contributed by atoms with Crippen LogP contribution in [0.4, 0.5) is 4.79 Å². The lowest BCUT2D eigenvalue weighted by molar-refractivity contribution is 0.182. The first-order chi connectivity index (χ1) is 8.54. The molecule has 0 saturated carbocycles. The molecule has 0 spiro atoms. The molecule has 1 radical (unpaired) electrons. The standard InChI is InChI=1S/C14H20NO3/c1-10(2)8-12(9-16)13(15-14(17)18)11-6-4-3-5-7-11/h3-7,10,12,15-16H,8-9H2,1-2H3,(H,17,18)/t12-/m1/s1. The molecule has 0 heterocycles. The highest BCUT2D eigenvalue weighted by atomic mass is 16.4. The second-order valence-corrected chi connectivity index (χ2v) is 4.72. The molecular formula is C14H20NO3. The summed E-state index contributed by atoms with van der Waals surface area (Å²) in [4.78, 5) is 10.9. The number of amides is 1. The van der Waals surface area contributed by atoms with Crippen LogP contribution >= 0.6 is 0 Å². The Morgan fingerprint density at radius 1 is 1.28 bits per heavy atom. The first-order valence-electron chi connectivity index (χ1n) is 6.07. The first-order valence-corrected chi connectivity index (χ1v) is 6.07. The fraction of sp³-hybridized carbons (Fsp3) is 0.429. The van der Waals surface area contributed by atoms with Gasteiger partial charge in [0.15, 0.2) is 0 Å². The molecule has 0 aliphatic carbocycles. The van der Waals surface area contributed by atoms with E-state index in [0.717, 1.165) is 12.0 Å². The molecule has 1 aromatic carbocycles. The summed E-state index contributed by atoms with van der Waals surface area (Å²) < 4.78 is 0. The third-order valence-electron chi connectivity index (χ3n) is 2.71. The van der Waals surface area contributed by atoms with Crippen LogP contribution in [0.5, 0.6) is 0 Å². The third-order valence-corrected chi connectivity index (χ3v) is 2.71. The van der Waals surface area contributed by atoms with Crippen LogP contribution in [0.15, 0.2) is 30.3 Å². The van der Waals surface area contributed by atoms with Crippen molar-refractivity contribution in [1.29, 1.82) is 0 Å². The maximum Gasteiger partial charge on any atom is 0.405 e. The molecule has 1 amide bonds. The SMILES string of the molecule is CC(C)C[C@H](CO)[C](NC(=O)O)c1ccccc1. The Morgan fingerprint density at radius 3 is 2.33 bits per heavy atom. The van der Waals surface area contributed by atoms with Crippen molar-refractivity contribution >= 4 is 6.09 Å². The summed E-state index contributed by atoms with van der Waals surface area (Å²) in [5.41, 5.74) is 0.805. The molecule has 1 aromatic rings. The molecule has 18 heavy (non-hydrogen) atoms. The van der Waals surface area contributed by atoms with E-state index in [1.54, 1.807) is 0 Å². The van der Waals surface area contributed by atoms with Gasteiger partial charge in [-0.05, 0) is 17.9 Å². The van der Waals surface area contributed by atoms with Gasteiger partial charge in [-0.3, -0.25) is 0 Å². The van der Waals surface area contributed by atoms with Gasteiger partial charge in [-0.1, -0.05) is 44.2 Å². The molecule has 4 heteroatoms. The molecule has 4 nitrogen and oxygen atoms in total. The Bertz CT molecular complexity index is 365. The number of aliphatic hydroxyl groups excluding tert-OH is 1. The van der Waals surface area contributed by atoms with Crippen molar-refractivity contribution in [2.45, 2.75) is 20.3 Å². The molecule has 0 aliphatic heterocycles. The largest absolute Gasteiger partial charge is 0.465 e. The summed E-state index contributed by atoms with van der Waals surface area (Å²) in [6.45, 7) is 4.03. The lowest BCUT2D eigenvalue weighted by Gasteiger charge is -2.26. The van der Waals surface area contributed by atoms with Crippen LogP contribution in [-0.2, 0) is 0 Å². The number of carboxylic acid groups (broad SMARTS) is 1. The van der Waals surface area contributed by atoms with Crippen molar-refractivity contribution in [2.24, 2.45) is 11.8 Å². The maximum atomic E-state index is 10.9. The highest BCUT2D eigenvalue weighted by Crippen LogP contribution is 2.26. The minimum atomic E-state index is -1.10. The molecule has 0 bridgehead atoms. The highest BCUT2D eigenvalue weighted by Gasteiger charge is 2.26. The Balaban J connectivity index is 2.92. The van der Waals surface area contributed by atoms with E-state index in [9.17, 15) is 9.90 Å². The van der Waals surface area contributed by atoms with Crippen molar-refractivity contribution in [3.05, 3.63) is 41.9 Å². The maximum absolute atomic E-state index is 10.9. The van der Waals surface area contributed by atoms with Crippen molar-refractivity contribution in [1.82, 2.24) is 5.32 Å². The zero-order valence-electron chi connectivity index (χ0n) is 10.8. The fourth-order valence-electron chi connectivity index (χ4n) is 2.00. The van der Waals surface area contributed by atoms with Gasteiger partial charge in [-0.2, -0.15) is 0 Å². The summed E-state index contributed by atoms with van der Waals surface area (Å²) in [6.07, 6.45) is -0.364. The van der Waals surface area contributed by atoms with E-state index in [-0.39, 0.29) is 12.5 Å². The molecule has 0 aromatic heterocycles. The van der Waals surface area contributed by atoms with Crippen LogP contribution in [0.25, 0.3) is 0 Å². The van der Waals surface area contributed by atoms with Gasteiger partial charge in [0, 0.05) is 12.5 Å². The molecule has 0 fully saturated rings. The Labute approximate surface area is 108 Å². The van der Waals surface area contributed by atoms with Gasteiger partial charge in [-0.15, -0.1) is 0 Å². The molecule has 1 rings (SSSR count). The van der Waals surface area contributed by atoms with Crippen LogP contribution in [0, 0.1) is 17.9 Å². The van der Waals surface area contributed by atoms with E-state index in [2.05, 4.69) is 5.32 Å². The van der Waals surface area contributed by atoms with E-state index in [0.29, 0.717) is 12.0 Å². The van der Waals surface area contributed by atoms with Gasteiger partial charge in [-0.25, -0.2) is 4.79 Å². The second kappa shape index (κ2) is 7.01. The monoisotopic (exact) mass is 250 g/mol. The van der Waals surface area contributed by atoms with Crippen LogP contribution in [0.2, 0.25) is 0 Å². The number of nitrogens with one attached hydrogen (secondary N) is 1. The number of hydrogen-bond donors (Lipinski definition) is 3. The molecule has 3 N–H and O–H groups in total. The van der Waals surface area contributed by atoms with E-state index in [1.807, 2.05) is 44.2 Å². The predicted molar refractivity (Wildman–Crippen MR) is 70.0 cm³/mol. The van der Waals surface area contributed by atoms with E-state index >= 15 is 0 Å². The number of hydrogen-bond acceptors (Lipinski definition) is 2. The minimum absolute atomic E-state index is 0.0668. The van der Waals surface area contributed by atoms with E-state index in [4.69, 9.17) is 5.11 Å². The summed E-state index contributed by atoms with van der Waals surface area (Å²) in [6, 6.07) is 9.82. The molecular weight excluding hydrogens is 230 g/mol. The predicted octanol–water partition coefficient (Wildman–Crippen LogP) is 2.49. The summed E-state index contributed by atoms with van der Waals surface area (Å²) >= 11 is 0. The number of rotatable bonds is 6. The molecule has 1 atom stereocenters. The normalized spacial score (nSPS) is 12.7. The zero-order chi connectivity index (χ0) is 13.5. The van der Waals surface area contributed by atoms with E-state index < -0.39 is 6.09 Å².